The van der Waals surface area contributed by atoms with Gasteiger partial charge in [-0.3, -0.25) is 4.79 Å². The average molecular weight is 304 g/mol. The molecule has 1 N–H and O–H groups in total. The second-order valence-electron chi connectivity index (χ2n) is 4.73. The van der Waals surface area contributed by atoms with Crippen LogP contribution in [-0.4, -0.2) is 15.7 Å². The number of aromatic nitrogens is 2. The topological polar surface area (TPSA) is 55.0 Å². The first kappa shape index (κ1) is 12.3. The number of nitrogens with one attached hydrogen (secondary N) is 1. The van der Waals surface area contributed by atoms with Crippen LogP contribution in [0.25, 0.3) is 0 Å². The van der Waals surface area contributed by atoms with Gasteiger partial charge in [-0.2, -0.15) is 11.8 Å². The van der Waals surface area contributed by atoms with Crippen LogP contribution in [0.3, 0.4) is 0 Å². The zero-order chi connectivity index (χ0) is 13.5. The molecule has 0 amide bonds. The van der Waals surface area contributed by atoms with Crippen molar-refractivity contribution in [1.82, 2.24) is 9.97 Å². The first-order valence-electron chi connectivity index (χ1n) is 6.39. The molecule has 0 aliphatic carbocycles. The van der Waals surface area contributed by atoms with Crippen LogP contribution in [0.1, 0.15) is 23.2 Å². The van der Waals surface area contributed by atoms with Gasteiger partial charge in [0.25, 0.3) is 5.56 Å². The normalized spacial score (nSPS) is 20.1. The Morgan fingerprint density at radius 3 is 3.15 bits per heavy atom. The van der Waals surface area contributed by atoms with Crippen LogP contribution in [0.5, 0.6) is 5.75 Å². The molecule has 3 heterocycles. The van der Waals surface area contributed by atoms with Crippen molar-refractivity contribution in [3.05, 3.63) is 51.7 Å². The average Bonchev–Trinajstić information content (AvgIpc) is 2.96. The third-order valence-electron chi connectivity index (χ3n) is 3.42. The Morgan fingerprint density at radius 1 is 1.30 bits per heavy atom. The first-order chi connectivity index (χ1) is 9.81. The van der Waals surface area contributed by atoms with Gasteiger partial charge in [0.1, 0.15) is 5.75 Å². The molecular weight excluding hydrogens is 292 g/mol. The fraction of sp³-hybridized carbons (Fsp3) is 0.286. The Bertz CT molecular complexity index is 729. The number of benzene rings is 1. The monoisotopic (exact) mass is 304 g/mol. The molecule has 1 unspecified atom stereocenters. The van der Waals surface area contributed by atoms with E-state index in [2.05, 4.69) is 9.97 Å². The highest BCUT2D eigenvalue weighted by Gasteiger charge is 2.26. The maximum absolute atomic E-state index is 12.0. The second-order valence-corrected chi connectivity index (χ2v) is 6.78. The van der Waals surface area contributed by atoms with E-state index >= 15 is 0 Å². The van der Waals surface area contributed by atoms with Crippen molar-refractivity contribution in [1.29, 1.82) is 0 Å². The summed E-state index contributed by atoms with van der Waals surface area (Å²) in [6.45, 7) is 0. The van der Waals surface area contributed by atoms with E-state index < -0.39 is 0 Å². The minimum Gasteiger partial charge on any atom is -0.480 e. The second kappa shape index (κ2) is 4.86. The van der Waals surface area contributed by atoms with Gasteiger partial charge in [0.15, 0.2) is 11.9 Å². The zero-order valence-electron chi connectivity index (χ0n) is 10.6. The van der Waals surface area contributed by atoms with Gasteiger partial charge in [-0.15, -0.1) is 11.8 Å². The van der Waals surface area contributed by atoms with Crippen molar-refractivity contribution < 1.29 is 4.74 Å². The lowest BCUT2D eigenvalue weighted by molar-refractivity contribution is 0.209. The van der Waals surface area contributed by atoms with Gasteiger partial charge >= 0.3 is 0 Å². The molecule has 2 aromatic rings. The third-order valence-corrected chi connectivity index (χ3v) is 5.51. The molecule has 2 aliphatic rings. The number of aromatic amines is 1. The smallest absolute Gasteiger partial charge is 0.255 e. The summed E-state index contributed by atoms with van der Waals surface area (Å²) in [4.78, 5) is 20.7. The number of hydrogen-bond acceptors (Lipinski definition) is 5. The lowest BCUT2D eigenvalue weighted by atomic mass is 10.2. The van der Waals surface area contributed by atoms with E-state index in [0.29, 0.717) is 5.82 Å². The number of nitrogens with zero attached hydrogens (tertiary/aromatic N) is 1. The van der Waals surface area contributed by atoms with Crippen molar-refractivity contribution in [3.8, 4) is 5.75 Å². The number of fused-ring (bicyclic) bond motifs is 2. The van der Waals surface area contributed by atoms with Crippen LogP contribution < -0.4 is 10.3 Å². The molecule has 0 fully saturated rings. The molecule has 1 atom stereocenters. The summed E-state index contributed by atoms with van der Waals surface area (Å²) in [6.07, 6.45) is -0.182. The molecule has 4 rings (SSSR count). The molecular formula is C14H12N2O2S2. The summed E-state index contributed by atoms with van der Waals surface area (Å²) in [5, 5.41) is 0. The number of H-pyrrole nitrogens is 1. The molecule has 0 spiro atoms. The Hall–Kier alpha value is -1.40. The van der Waals surface area contributed by atoms with Crippen LogP contribution in [-0.2, 0) is 11.5 Å². The summed E-state index contributed by atoms with van der Waals surface area (Å²) >= 11 is 3.47. The predicted molar refractivity (Wildman–Crippen MR) is 80.4 cm³/mol. The van der Waals surface area contributed by atoms with Crippen LogP contribution >= 0.6 is 23.5 Å². The fourth-order valence-electron chi connectivity index (χ4n) is 2.39. The highest BCUT2D eigenvalue weighted by Crippen LogP contribution is 2.39. The SMILES string of the molecule is O=c1[nH]c(C2CSc3ccccc3O2)nc2c1CSC2. The molecule has 0 saturated carbocycles. The molecule has 6 heteroatoms. The Kier molecular flexibility index (Phi) is 3.00. The zero-order valence-corrected chi connectivity index (χ0v) is 12.2. The van der Waals surface area contributed by atoms with E-state index in [1.165, 1.54) is 0 Å². The van der Waals surface area contributed by atoms with Crippen LogP contribution in [0.15, 0.2) is 34.0 Å². The number of hydrogen-bond donors (Lipinski definition) is 1. The molecule has 0 saturated heterocycles. The van der Waals surface area contributed by atoms with Crippen LogP contribution in [0, 0.1) is 0 Å². The van der Waals surface area contributed by atoms with E-state index in [9.17, 15) is 4.79 Å². The Morgan fingerprint density at radius 2 is 2.20 bits per heavy atom. The number of ether oxygens (including phenoxy) is 1. The Balaban J connectivity index is 1.70. The maximum Gasteiger partial charge on any atom is 0.255 e. The van der Waals surface area contributed by atoms with E-state index in [0.717, 1.165) is 39.2 Å². The molecule has 0 bridgehead atoms. The van der Waals surface area contributed by atoms with E-state index in [4.69, 9.17) is 4.74 Å². The lowest BCUT2D eigenvalue weighted by Crippen LogP contribution is -2.24. The minimum atomic E-state index is -0.182. The first-order valence-corrected chi connectivity index (χ1v) is 8.53. The summed E-state index contributed by atoms with van der Waals surface area (Å²) in [5.41, 5.74) is 1.73. The van der Waals surface area contributed by atoms with Gasteiger partial charge in [-0.05, 0) is 12.1 Å². The summed E-state index contributed by atoms with van der Waals surface area (Å²) < 4.78 is 5.97. The highest BCUT2D eigenvalue weighted by atomic mass is 32.2. The molecule has 4 nitrogen and oxygen atoms in total. The van der Waals surface area contributed by atoms with Gasteiger partial charge in [-0.25, -0.2) is 4.98 Å². The van der Waals surface area contributed by atoms with E-state index in [1.54, 1.807) is 23.5 Å². The number of rotatable bonds is 1. The molecule has 0 radical (unpaired) electrons. The largest absolute Gasteiger partial charge is 0.480 e. The fourth-order valence-corrected chi connectivity index (χ4v) is 4.41. The van der Waals surface area contributed by atoms with Crippen LogP contribution in [0.2, 0.25) is 0 Å². The van der Waals surface area contributed by atoms with E-state index in [1.807, 2.05) is 24.3 Å². The summed E-state index contributed by atoms with van der Waals surface area (Å²) in [5.74, 6) is 3.87. The molecule has 20 heavy (non-hydrogen) atoms. The maximum atomic E-state index is 12.0. The molecule has 1 aromatic heterocycles. The lowest BCUT2D eigenvalue weighted by Gasteiger charge is -2.24. The van der Waals surface area contributed by atoms with Gasteiger partial charge in [0, 0.05) is 27.7 Å². The molecule has 102 valence electrons. The third kappa shape index (κ3) is 2.03. The molecule has 2 aliphatic heterocycles. The van der Waals surface area contributed by atoms with E-state index in [-0.39, 0.29) is 11.7 Å². The number of thioether (sulfide) groups is 2. The molecule has 1 aromatic carbocycles. The highest BCUT2D eigenvalue weighted by molar-refractivity contribution is 7.99. The van der Waals surface area contributed by atoms with Crippen molar-refractivity contribution in [3.63, 3.8) is 0 Å². The van der Waals surface area contributed by atoms with Crippen molar-refractivity contribution in [2.75, 3.05) is 5.75 Å². The number of para-hydroxylation sites is 1. The quantitative estimate of drug-likeness (QED) is 0.878. The van der Waals surface area contributed by atoms with Crippen molar-refractivity contribution in [2.24, 2.45) is 0 Å². The van der Waals surface area contributed by atoms with Gasteiger partial charge in [0.05, 0.1) is 5.69 Å². The summed E-state index contributed by atoms with van der Waals surface area (Å²) in [7, 11) is 0. The van der Waals surface area contributed by atoms with Gasteiger partial charge in [0.2, 0.25) is 0 Å². The summed E-state index contributed by atoms with van der Waals surface area (Å²) in [6, 6.07) is 7.96. The van der Waals surface area contributed by atoms with Crippen LogP contribution in [0.4, 0.5) is 0 Å². The van der Waals surface area contributed by atoms with Gasteiger partial charge < -0.3 is 9.72 Å². The van der Waals surface area contributed by atoms with Gasteiger partial charge in [-0.1, -0.05) is 12.1 Å². The predicted octanol–water partition coefficient (Wildman–Crippen LogP) is 2.74. The standard InChI is InChI=1S/C14H12N2O2S2/c17-14-8-5-19-6-9(8)15-13(16-14)11-7-20-12-4-2-1-3-10(12)18-11/h1-4,11H,5-7H2,(H,15,16,17). The van der Waals surface area contributed by atoms with Crippen molar-refractivity contribution in [2.45, 2.75) is 22.5 Å². The van der Waals surface area contributed by atoms with Crippen molar-refractivity contribution >= 4 is 23.5 Å². The minimum absolute atomic E-state index is 0.0116. The Labute approximate surface area is 124 Å².